The van der Waals surface area contributed by atoms with E-state index in [4.69, 9.17) is 0 Å². The molecule has 1 heterocycles. The SMILES string of the molecule is CC1CCC(CNc2ncc(F)cc2F)CC1. The van der Waals surface area contributed by atoms with Gasteiger partial charge in [-0.05, 0) is 24.7 Å². The molecule has 0 unspecified atom stereocenters. The highest BCUT2D eigenvalue weighted by Crippen LogP contribution is 2.28. The summed E-state index contributed by atoms with van der Waals surface area (Å²) in [4.78, 5) is 3.72. The van der Waals surface area contributed by atoms with E-state index < -0.39 is 11.6 Å². The quantitative estimate of drug-likeness (QED) is 0.873. The van der Waals surface area contributed by atoms with Crippen LogP contribution in [0.1, 0.15) is 32.6 Å². The standard InChI is InChI=1S/C13H18F2N2/c1-9-2-4-10(5-3-9)7-16-13-12(15)6-11(14)8-17-13/h6,8-10H,2-5,7H2,1H3,(H,16,17). The zero-order chi connectivity index (χ0) is 12.3. The summed E-state index contributed by atoms with van der Waals surface area (Å²) in [5.74, 6) is 0.295. The molecule has 17 heavy (non-hydrogen) atoms. The van der Waals surface area contributed by atoms with Crippen LogP contribution in [-0.4, -0.2) is 11.5 Å². The average Bonchev–Trinajstić information content (AvgIpc) is 2.30. The number of nitrogens with one attached hydrogen (secondary N) is 1. The first kappa shape index (κ1) is 12.3. The van der Waals surface area contributed by atoms with Crippen LogP contribution in [0.15, 0.2) is 12.3 Å². The van der Waals surface area contributed by atoms with E-state index in [-0.39, 0.29) is 5.82 Å². The molecule has 0 radical (unpaired) electrons. The van der Waals surface area contributed by atoms with Crippen molar-refractivity contribution in [2.24, 2.45) is 11.8 Å². The molecule has 0 saturated heterocycles. The molecular formula is C13H18F2N2. The number of aromatic nitrogens is 1. The van der Waals surface area contributed by atoms with Gasteiger partial charge in [0, 0.05) is 12.6 Å². The molecule has 0 spiro atoms. The molecular weight excluding hydrogens is 222 g/mol. The van der Waals surface area contributed by atoms with E-state index in [1.807, 2.05) is 0 Å². The minimum absolute atomic E-state index is 0.157. The molecule has 2 rings (SSSR count). The topological polar surface area (TPSA) is 24.9 Å². The van der Waals surface area contributed by atoms with Crippen LogP contribution in [0, 0.1) is 23.5 Å². The Hall–Kier alpha value is -1.19. The smallest absolute Gasteiger partial charge is 0.168 e. The van der Waals surface area contributed by atoms with E-state index in [1.54, 1.807) is 0 Å². The third-order valence-electron chi connectivity index (χ3n) is 3.50. The number of anilines is 1. The van der Waals surface area contributed by atoms with Gasteiger partial charge in [-0.2, -0.15) is 0 Å². The maximum Gasteiger partial charge on any atom is 0.168 e. The molecule has 1 aromatic heterocycles. The maximum atomic E-state index is 13.3. The molecule has 94 valence electrons. The van der Waals surface area contributed by atoms with Crippen LogP contribution >= 0.6 is 0 Å². The maximum absolute atomic E-state index is 13.3. The summed E-state index contributed by atoms with van der Waals surface area (Å²) < 4.78 is 26.0. The highest BCUT2D eigenvalue weighted by molar-refractivity contribution is 5.35. The number of rotatable bonds is 3. The summed E-state index contributed by atoms with van der Waals surface area (Å²) in [7, 11) is 0. The fourth-order valence-electron chi connectivity index (χ4n) is 2.32. The Kier molecular flexibility index (Phi) is 3.92. The highest BCUT2D eigenvalue weighted by Gasteiger charge is 2.18. The van der Waals surface area contributed by atoms with Gasteiger partial charge in [-0.15, -0.1) is 0 Å². The van der Waals surface area contributed by atoms with Gasteiger partial charge in [0.25, 0.3) is 0 Å². The summed E-state index contributed by atoms with van der Waals surface area (Å²) in [6.45, 7) is 2.99. The Morgan fingerprint density at radius 2 is 2.00 bits per heavy atom. The molecule has 1 aliphatic carbocycles. The first-order chi connectivity index (χ1) is 8.15. The number of hydrogen-bond acceptors (Lipinski definition) is 2. The van der Waals surface area contributed by atoms with Crippen molar-refractivity contribution in [2.75, 3.05) is 11.9 Å². The summed E-state index contributed by atoms with van der Waals surface area (Å²) in [6.07, 6.45) is 5.87. The molecule has 0 amide bonds. The van der Waals surface area contributed by atoms with Crippen molar-refractivity contribution in [3.63, 3.8) is 0 Å². The van der Waals surface area contributed by atoms with Gasteiger partial charge in [0.05, 0.1) is 6.20 Å². The minimum Gasteiger partial charge on any atom is -0.367 e. The molecule has 1 aromatic rings. The van der Waals surface area contributed by atoms with Gasteiger partial charge < -0.3 is 5.32 Å². The lowest BCUT2D eigenvalue weighted by atomic mass is 9.83. The Labute approximate surface area is 100 Å². The molecule has 1 N–H and O–H groups in total. The van der Waals surface area contributed by atoms with Crippen molar-refractivity contribution < 1.29 is 8.78 Å². The lowest BCUT2D eigenvalue weighted by Gasteiger charge is -2.26. The first-order valence-corrected chi connectivity index (χ1v) is 6.20. The van der Waals surface area contributed by atoms with Crippen molar-refractivity contribution in [3.8, 4) is 0 Å². The zero-order valence-corrected chi connectivity index (χ0v) is 10.0. The molecule has 0 atom stereocenters. The van der Waals surface area contributed by atoms with Crippen LogP contribution in [-0.2, 0) is 0 Å². The normalized spacial score (nSPS) is 24.6. The van der Waals surface area contributed by atoms with Crippen LogP contribution in [0.3, 0.4) is 0 Å². The van der Waals surface area contributed by atoms with Gasteiger partial charge in [-0.1, -0.05) is 19.8 Å². The number of halogens is 2. The Balaban J connectivity index is 1.85. The van der Waals surface area contributed by atoms with Crippen LogP contribution in [0.2, 0.25) is 0 Å². The van der Waals surface area contributed by atoms with Gasteiger partial charge in [0.1, 0.15) is 5.82 Å². The lowest BCUT2D eigenvalue weighted by Crippen LogP contribution is -2.21. The summed E-state index contributed by atoms with van der Waals surface area (Å²) in [5, 5.41) is 2.97. The van der Waals surface area contributed by atoms with Crippen LogP contribution in [0.5, 0.6) is 0 Å². The fraction of sp³-hybridized carbons (Fsp3) is 0.615. The van der Waals surface area contributed by atoms with Crippen LogP contribution in [0.4, 0.5) is 14.6 Å². The molecule has 0 aliphatic heterocycles. The van der Waals surface area contributed by atoms with E-state index in [0.717, 1.165) is 24.7 Å². The molecule has 4 heteroatoms. The van der Waals surface area contributed by atoms with Gasteiger partial charge >= 0.3 is 0 Å². The monoisotopic (exact) mass is 240 g/mol. The summed E-state index contributed by atoms with van der Waals surface area (Å²) in [6, 6.07) is 0.859. The van der Waals surface area contributed by atoms with Gasteiger partial charge in [-0.25, -0.2) is 13.8 Å². The van der Waals surface area contributed by atoms with Crippen LogP contribution < -0.4 is 5.32 Å². The average molecular weight is 240 g/mol. The molecule has 0 aromatic carbocycles. The second kappa shape index (κ2) is 5.43. The second-order valence-electron chi connectivity index (χ2n) is 4.99. The predicted octanol–water partition coefficient (Wildman–Crippen LogP) is 3.60. The Morgan fingerprint density at radius 3 is 2.65 bits per heavy atom. The highest BCUT2D eigenvalue weighted by atomic mass is 19.1. The third kappa shape index (κ3) is 3.38. The minimum atomic E-state index is -0.639. The van der Waals surface area contributed by atoms with Crippen molar-refractivity contribution in [1.29, 1.82) is 0 Å². The predicted molar refractivity (Wildman–Crippen MR) is 63.8 cm³/mol. The lowest BCUT2D eigenvalue weighted by molar-refractivity contribution is 0.300. The number of hydrogen-bond donors (Lipinski definition) is 1. The zero-order valence-electron chi connectivity index (χ0n) is 10.0. The summed E-state index contributed by atoms with van der Waals surface area (Å²) >= 11 is 0. The van der Waals surface area contributed by atoms with Crippen molar-refractivity contribution in [1.82, 2.24) is 4.98 Å². The second-order valence-corrected chi connectivity index (χ2v) is 4.99. The fourth-order valence-corrected chi connectivity index (χ4v) is 2.32. The van der Waals surface area contributed by atoms with Crippen molar-refractivity contribution in [3.05, 3.63) is 23.9 Å². The van der Waals surface area contributed by atoms with Gasteiger partial charge in [0.2, 0.25) is 0 Å². The molecule has 1 aliphatic rings. The van der Waals surface area contributed by atoms with E-state index in [2.05, 4.69) is 17.2 Å². The summed E-state index contributed by atoms with van der Waals surface area (Å²) in [5.41, 5.74) is 0. The van der Waals surface area contributed by atoms with Gasteiger partial charge in [0.15, 0.2) is 11.6 Å². The third-order valence-corrected chi connectivity index (χ3v) is 3.50. The molecule has 1 fully saturated rings. The molecule has 1 saturated carbocycles. The Morgan fingerprint density at radius 1 is 1.29 bits per heavy atom. The largest absolute Gasteiger partial charge is 0.367 e. The van der Waals surface area contributed by atoms with Crippen LogP contribution in [0.25, 0.3) is 0 Å². The molecule has 2 nitrogen and oxygen atoms in total. The van der Waals surface area contributed by atoms with Crippen molar-refractivity contribution >= 4 is 5.82 Å². The van der Waals surface area contributed by atoms with E-state index >= 15 is 0 Å². The molecule has 0 bridgehead atoms. The Bertz CT molecular complexity index is 374. The first-order valence-electron chi connectivity index (χ1n) is 6.20. The number of pyridine rings is 1. The number of nitrogens with zero attached hydrogens (tertiary/aromatic N) is 1. The van der Waals surface area contributed by atoms with Crippen molar-refractivity contribution in [2.45, 2.75) is 32.6 Å². The van der Waals surface area contributed by atoms with E-state index in [9.17, 15) is 8.78 Å². The van der Waals surface area contributed by atoms with Gasteiger partial charge in [-0.3, -0.25) is 0 Å². The van der Waals surface area contributed by atoms with E-state index in [1.165, 1.54) is 25.7 Å². The van der Waals surface area contributed by atoms with E-state index in [0.29, 0.717) is 5.92 Å².